The maximum absolute atomic E-state index is 15.2. The Morgan fingerprint density at radius 3 is 2.70 bits per heavy atom. The van der Waals surface area contributed by atoms with Crippen molar-refractivity contribution in [3.63, 3.8) is 0 Å². The van der Waals surface area contributed by atoms with Crippen LogP contribution in [0.3, 0.4) is 0 Å². The van der Waals surface area contributed by atoms with Crippen LogP contribution in [0.1, 0.15) is 21.7 Å². The molecule has 33 heavy (non-hydrogen) atoms. The van der Waals surface area contributed by atoms with E-state index in [1.807, 2.05) is 24.3 Å². The maximum Gasteiger partial charge on any atom is 0.324 e. The molecule has 0 aliphatic carbocycles. The van der Waals surface area contributed by atoms with Crippen LogP contribution >= 0.6 is 11.3 Å². The van der Waals surface area contributed by atoms with Gasteiger partial charge >= 0.3 is 5.92 Å². The standard InChI is InChI=1S/C24H20F2N4O2S/c1-14-6-4-8-16(10-14)24(25,26)23-28-21-20(33-23)18-12-27-30(22(31)19(18)29(21)2)13-15-7-5-9-17(11-15)32-3/h4-12H,13H2,1-3H3. The zero-order valence-corrected chi connectivity index (χ0v) is 19.0. The van der Waals surface area contributed by atoms with E-state index >= 15 is 8.78 Å². The minimum Gasteiger partial charge on any atom is -0.497 e. The van der Waals surface area contributed by atoms with Crippen LogP contribution in [0, 0.1) is 6.92 Å². The Balaban J connectivity index is 1.60. The highest BCUT2D eigenvalue weighted by Gasteiger charge is 2.38. The number of alkyl halides is 2. The first-order valence-corrected chi connectivity index (χ1v) is 11.0. The lowest BCUT2D eigenvalue weighted by atomic mass is 10.1. The summed E-state index contributed by atoms with van der Waals surface area (Å²) in [6.45, 7) is 2.03. The second-order valence-corrected chi connectivity index (χ2v) is 8.89. The van der Waals surface area contributed by atoms with Crippen LogP contribution in [-0.2, 0) is 19.5 Å². The Kier molecular flexibility index (Phi) is 5.01. The Morgan fingerprint density at radius 2 is 1.94 bits per heavy atom. The van der Waals surface area contributed by atoms with Crippen LogP contribution in [-0.4, -0.2) is 26.4 Å². The van der Waals surface area contributed by atoms with E-state index in [1.54, 1.807) is 44.0 Å². The molecule has 0 aliphatic heterocycles. The highest BCUT2D eigenvalue weighted by Crippen LogP contribution is 2.42. The van der Waals surface area contributed by atoms with Gasteiger partial charge in [-0.05, 0) is 30.7 Å². The zero-order chi connectivity index (χ0) is 23.3. The molecular formula is C24H20F2N4O2S. The molecule has 0 unspecified atom stereocenters. The molecule has 168 valence electrons. The van der Waals surface area contributed by atoms with Crippen LogP contribution in [0.5, 0.6) is 5.75 Å². The largest absolute Gasteiger partial charge is 0.497 e. The normalized spacial score (nSPS) is 12.0. The minimum atomic E-state index is -3.24. The lowest BCUT2D eigenvalue weighted by Crippen LogP contribution is -2.24. The Bertz CT molecular complexity index is 1570. The SMILES string of the molecule is COc1cccc(Cn2ncc3c4sc(C(F)(F)c5cccc(C)c5)nc4n(C)c3c2=O)c1. The summed E-state index contributed by atoms with van der Waals surface area (Å²) in [6, 6.07) is 13.6. The smallest absolute Gasteiger partial charge is 0.324 e. The molecule has 0 atom stereocenters. The van der Waals surface area contributed by atoms with Crippen LogP contribution in [0.25, 0.3) is 21.3 Å². The number of methoxy groups -OCH3 is 1. The van der Waals surface area contributed by atoms with E-state index in [9.17, 15) is 4.79 Å². The van der Waals surface area contributed by atoms with E-state index in [4.69, 9.17) is 4.74 Å². The summed E-state index contributed by atoms with van der Waals surface area (Å²) in [5.74, 6) is -2.55. The predicted molar refractivity (Wildman–Crippen MR) is 124 cm³/mol. The number of thiazole rings is 1. The van der Waals surface area contributed by atoms with Gasteiger partial charge in [-0.1, -0.05) is 35.9 Å². The van der Waals surface area contributed by atoms with Crippen molar-refractivity contribution in [1.82, 2.24) is 19.3 Å². The number of fused-ring (bicyclic) bond motifs is 3. The van der Waals surface area contributed by atoms with Crippen molar-refractivity contribution >= 4 is 32.6 Å². The summed E-state index contributed by atoms with van der Waals surface area (Å²) in [7, 11) is 3.24. The van der Waals surface area contributed by atoms with Gasteiger partial charge in [-0.2, -0.15) is 13.9 Å². The third-order valence-corrected chi connectivity index (χ3v) is 6.79. The number of ether oxygens (including phenoxy) is 1. The van der Waals surface area contributed by atoms with Crippen LogP contribution < -0.4 is 10.3 Å². The van der Waals surface area contributed by atoms with E-state index in [2.05, 4.69) is 10.1 Å². The van der Waals surface area contributed by atoms with E-state index in [0.717, 1.165) is 22.5 Å². The van der Waals surface area contributed by atoms with Crippen LogP contribution in [0.4, 0.5) is 8.78 Å². The molecule has 0 N–H and O–H groups in total. The molecule has 0 amide bonds. The minimum absolute atomic E-state index is 0.107. The van der Waals surface area contributed by atoms with Gasteiger partial charge < -0.3 is 9.30 Å². The van der Waals surface area contributed by atoms with Gasteiger partial charge in [0.25, 0.3) is 5.56 Å². The summed E-state index contributed by atoms with van der Waals surface area (Å²) < 4.78 is 39.1. The number of nitrogens with zero attached hydrogens (tertiary/aromatic N) is 4. The fraction of sp³-hybridized carbons (Fsp3) is 0.208. The lowest BCUT2D eigenvalue weighted by Gasteiger charge is -2.14. The molecule has 3 aromatic heterocycles. The first kappa shape index (κ1) is 21.3. The molecule has 0 fully saturated rings. The Labute approximate surface area is 191 Å². The van der Waals surface area contributed by atoms with Gasteiger partial charge in [-0.3, -0.25) is 4.79 Å². The monoisotopic (exact) mass is 466 g/mol. The average molecular weight is 467 g/mol. The van der Waals surface area contributed by atoms with Crippen LogP contribution in [0.15, 0.2) is 59.5 Å². The molecule has 5 rings (SSSR count). The lowest BCUT2D eigenvalue weighted by molar-refractivity contribution is 0.0427. The summed E-state index contributed by atoms with van der Waals surface area (Å²) in [6.07, 6.45) is 1.55. The molecule has 3 heterocycles. The second-order valence-electron chi connectivity index (χ2n) is 7.90. The quantitative estimate of drug-likeness (QED) is 0.372. The van der Waals surface area contributed by atoms with Crippen molar-refractivity contribution in [2.24, 2.45) is 7.05 Å². The molecular weight excluding hydrogens is 446 g/mol. The van der Waals surface area contributed by atoms with Crippen LogP contribution in [0.2, 0.25) is 0 Å². The van der Waals surface area contributed by atoms with Gasteiger partial charge in [0.2, 0.25) is 0 Å². The van der Waals surface area contributed by atoms with Gasteiger partial charge in [-0.25, -0.2) is 9.67 Å². The predicted octanol–water partition coefficient (Wildman–Crippen LogP) is 4.85. The van der Waals surface area contributed by atoms with E-state index in [0.29, 0.717) is 27.0 Å². The first-order valence-electron chi connectivity index (χ1n) is 10.2. The molecule has 9 heteroatoms. The van der Waals surface area contributed by atoms with Crippen molar-refractivity contribution in [2.45, 2.75) is 19.4 Å². The van der Waals surface area contributed by atoms with Gasteiger partial charge in [0.1, 0.15) is 11.3 Å². The number of hydrogen-bond acceptors (Lipinski definition) is 5. The number of rotatable bonds is 5. The number of aromatic nitrogens is 4. The number of hydrogen-bond donors (Lipinski definition) is 0. The number of aryl methyl sites for hydroxylation is 2. The van der Waals surface area contributed by atoms with Gasteiger partial charge in [0.05, 0.1) is 24.6 Å². The molecule has 0 saturated heterocycles. The fourth-order valence-corrected chi connectivity index (χ4v) is 5.05. The van der Waals surface area contributed by atoms with Gasteiger partial charge in [-0.15, -0.1) is 11.3 Å². The third-order valence-electron chi connectivity index (χ3n) is 5.64. The molecule has 0 bridgehead atoms. The Hall–Kier alpha value is -3.59. The zero-order valence-electron chi connectivity index (χ0n) is 18.2. The fourth-order valence-electron chi connectivity index (χ4n) is 3.94. The van der Waals surface area contributed by atoms with E-state index < -0.39 is 5.92 Å². The molecule has 5 aromatic rings. The molecule has 0 spiro atoms. The highest BCUT2D eigenvalue weighted by molar-refractivity contribution is 7.19. The van der Waals surface area contributed by atoms with Crippen molar-refractivity contribution in [3.05, 3.63) is 86.8 Å². The highest BCUT2D eigenvalue weighted by atomic mass is 32.1. The summed E-state index contributed by atoms with van der Waals surface area (Å²) in [4.78, 5) is 17.4. The Morgan fingerprint density at radius 1 is 1.15 bits per heavy atom. The molecule has 6 nitrogen and oxygen atoms in total. The number of benzene rings is 2. The van der Waals surface area contributed by atoms with E-state index in [-0.39, 0.29) is 22.7 Å². The summed E-state index contributed by atoms with van der Waals surface area (Å²) in [5.41, 5.74) is 1.92. The summed E-state index contributed by atoms with van der Waals surface area (Å²) >= 11 is 0.892. The van der Waals surface area contributed by atoms with Crippen molar-refractivity contribution in [3.8, 4) is 5.75 Å². The third kappa shape index (κ3) is 3.48. The molecule has 0 aliphatic rings. The molecule has 0 radical (unpaired) electrons. The first-order chi connectivity index (χ1) is 15.8. The van der Waals surface area contributed by atoms with Crippen molar-refractivity contribution in [2.75, 3.05) is 7.11 Å². The molecule has 2 aromatic carbocycles. The average Bonchev–Trinajstić information content (AvgIpc) is 3.36. The van der Waals surface area contributed by atoms with Gasteiger partial charge in [0, 0.05) is 18.0 Å². The maximum atomic E-state index is 15.2. The van der Waals surface area contributed by atoms with Crippen molar-refractivity contribution in [1.29, 1.82) is 0 Å². The summed E-state index contributed by atoms with van der Waals surface area (Å²) in [5, 5.41) is 4.51. The van der Waals surface area contributed by atoms with Crippen molar-refractivity contribution < 1.29 is 13.5 Å². The topological polar surface area (TPSA) is 61.9 Å². The molecule has 0 saturated carbocycles. The number of halogens is 2. The van der Waals surface area contributed by atoms with E-state index in [1.165, 1.54) is 16.8 Å². The van der Waals surface area contributed by atoms with Gasteiger partial charge in [0.15, 0.2) is 10.7 Å². The second kappa shape index (κ2) is 7.77.